The number of aliphatic hydroxyl groups is 1. The summed E-state index contributed by atoms with van der Waals surface area (Å²) in [6.45, 7) is 13.8. The molecule has 188 valence electrons. The van der Waals surface area contributed by atoms with Crippen LogP contribution in [0.15, 0.2) is 91.0 Å². The number of hydrogen-bond acceptors (Lipinski definition) is 3. The van der Waals surface area contributed by atoms with E-state index >= 15 is 0 Å². The highest BCUT2D eigenvalue weighted by molar-refractivity contribution is 6.99. The molecule has 0 aromatic heterocycles. The Labute approximate surface area is 218 Å². The van der Waals surface area contributed by atoms with Gasteiger partial charge in [-0.25, -0.2) is 0 Å². The van der Waals surface area contributed by atoms with Gasteiger partial charge in [0.15, 0.2) is 5.60 Å². The summed E-state index contributed by atoms with van der Waals surface area (Å²) >= 11 is 0. The van der Waals surface area contributed by atoms with Crippen molar-refractivity contribution >= 4 is 26.8 Å². The summed E-state index contributed by atoms with van der Waals surface area (Å²) in [6.07, 6.45) is -1.14. The second kappa shape index (κ2) is 10.1. The Hall–Kier alpha value is -2.47. The molecule has 1 heterocycles. The van der Waals surface area contributed by atoms with Gasteiger partial charge < -0.3 is 14.3 Å². The van der Waals surface area contributed by atoms with Gasteiger partial charge in [0.25, 0.3) is 8.32 Å². The zero-order valence-corrected chi connectivity index (χ0v) is 24.3. The van der Waals surface area contributed by atoms with Gasteiger partial charge in [-0.3, -0.25) is 0 Å². The van der Waals surface area contributed by atoms with Gasteiger partial charge in [0.1, 0.15) is 20.3 Å². The molecular weight excluding hydrogens is 477 g/mol. The monoisotopic (exact) mass is 514 g/mol. The third-order valence-electron chi connectivity index (χ3n) is 6.78. The Balaban J connectivity index is 1.72. The maximum atomic E-state index is 11.4. The van der Waals surface area contributed by atoms with Gasteiger partial charge >= 0.3 is 0 Å². The van der Waals surface area contributed by atoms with Crippen LogP contribution in [-0.4, -0.2) is 39.8 Å². The molecule has 0 radical (unpaired) electrons. The molecule has 5 heteroatoms. The largest absolute Gasteiger partial charge is 0.405 e. The summed E-state index contributed by atoms with van der Waals surface area (Å²) in [4.78, 5) is 0. The van der Waals surface area contributed by atoms with Gasteiger partial charge in [-0.1, -0.05) is 137 Å². The van der Waals surface area contributed by atoms with E-state index in [1.54, 1.807) is 0 Å². The molecule has 3 nitrogen and oxygen atoms in total. The molecule has 0 bridgehead atoms. The second-order valence-corrected chi connectivity index (χ2v) is 20.7. The highest BCUT2D eigenvalue weighted by atomic mass is 28.4. The fourth-order valence-corrected chi connectivity index (χ4v) is 10.0. The lowest BCUT2D eigenvalue weighted by Crippen LogP contribution is -2.67. The van der Waals surface area contributed by atoms with Crippen molar-refractivity contribution in [2.75, 3.05) is 6.61 Å². The van der Waals surface area contributed by atoms with Crippen molar-refractivity contribution in [2.45, 2.75) is 63.3 Å². The lowest BCUT2D eigenvalue weighted by molar-refractivity contribution is 0.105. The van der Waals surface area contributed by atoms with E-state index in [1.165, 1.54) is 10.4 Å². The Kier molecular flexibility index (Phi) is 7.48. The molecule has 3 aromatic rings. The van der Waals surface area contributed by atoms with Crippen molar-refractivity contribution in [2.24, 2.45) is 0 Å². The normalized spacial score (nSPS) is 20.8. The first-order chi connectivity index (χ1) is 17.0. The molecule has 0 amide bonds. The Morgan fingerprint density at radius 1 is 0.861 bits per heavy atom. The molecule has 1 saturated heterocycles. The molecule has 0 spiro atoms. The summed E-state index contributed by atoms with van der Waals surface area (Å²) < 4.78 is 13.4. The Bertz CT molecular complexity index is 1170. The van der Waals surface area contributed by atoms with E-state index in [1.807, 2.05) is 42.5 Å². The second-order valence-electron chi connectivity index (χ2n) is 11.7. The van der Waals surface area contributed by atoms with E-state index in [-0.39, 0.29) is 11.1 Å². The highest BCUT2D eigenvalue weighted by Gasteiger charge is 2.62. The molecule has 0 aliphatic carbocycles. The predicted molar refractivity (Wildman–Crippen MR) is 154 cm³/mol. The average molecular weight is 515 g/mol. The van der Waals surface area contributed by atoms with E-state index in [2.05, 4.69) is 100 Å². The first-order valence-electron chi connectivity index (χ1n) is 12.7. The average Bonchev–Trinajstić information content (AvgIpc) is 3.58. The fourth-order valence-electron chi connectivity index (χ4n) is 4.91. The van der Waals surface area contributed by atoms with Crippen molar-refractivity contribution in [3.05, 3.63) is 96.6 Å². The first kappa shape index (κ1) is 26.6. The zero-order valence-electron chi connectivity index (χ0n) is 22.3. The van der Waals surface area contributed by atoms with Crippen molar-refractivity contribution in [1.82, 2.24) is 0 Å². The third kappa shape index (κ3) is 5.29. The molecule has 1 aliphatic rings. The standard InChI is InChI=1S/C31H38O3Si2/c1-30(2,3)36(26-18-12-8-13-19-26,27-20-14-9-15-21-27)33-24-28-31(34-28,22-23-35(4,5)6)29(32)25-16-10-7-11-17-25/h7-21,28-29,32H,24H2,1-6H3/t28-,29-,31+/m1/s1. The van der Waals surface area contributed by atoms with Crippen LogP contribution < -0.4 is 10.4 Å². The number of epoxide rings is 1. The molecular formula is C31H38O3Si2. The van der Waals surface area contributed by atoms with E-state index < -0.39 is 28.1 Å². The van der Waals surface area contributed by atoms with E-state index in [4.69, 9.17) is 9.16 Å². The van der Waals surface area contributed by atoms with Crippen LogP contribution in [0.1, 0.15) is 32.4 Å². The third-order valence-corrected chi connectivity index (χ3v) is 12.7. The topological polar surface area (TPSA) is 42.0 Å². The van der Waals surface area contributed by atoms with Crippen LogP contribution in [0.2, 0.25) is 24.7 Å². The van der Waals surface area contributed by atoms with Crippen LogP contribution in [0.25, 0.3) is 0 Å². The minimum atomic E-state index is -2.71. The summed E-state index contributed by atoms with van der Waals surface area (Å²) in [5, 5.41) is 13.8. The Morgan fingerprint density at radius 3 is 1.78 bits per heavy atom. The molecule has 36 heavy (non-hydrogen) atoms. The quantitative estimate of drug-likeness (QED) is 0.264. The van der Waals surface area contributed by atoms with E-state index in [0.717, 1.165) is 5.56 Å². The molecule has 3 atom stereocenters. The summed E-state index contributed by atoms with van der Waals surface area (Å²) in [7, 11) is -4.39. The minimum Gasteiger partial charge on any atom is -0.405 e. The van der Waals surface area contributed by atoms with Gasteiger partial charge in [0.05, 0.1) is 6.61 Å². The maximum absolute atomic E-state index is 11.4. The van der Waals surface area contributed by atoms with Crippen molar-refractivity contribution < 1.29 is 14.3 Å². The maximum Gasteiger partial charge on any atom is 0.261 e. The number of aliphatic hydroxyl groups excluding tert-OH is 1. The number of rotatable bonds is 7. The van der Waals surface area contributed by atoms with Crippen LogP contribution in [0.4, 0.5) is 0 Å². The van der Waals surface area contributed by atoms with Crippen LogP contribution in [0.3, 0.4) is 0 Å². The first-order valence-corrected chi connectivity index (χ1v) is 18.1. The lowest BCUT2D eigenvalue weighted by atomic mass is 9.93. The number of benzene rings is 3. The van der Waals surface area contributed by atoms with E-state index in [9.17, 15) is 5.11 Å². The van der Waals surface area contributed by atoms with Crippen molar-refractivity contribution in [3.63, 3.8) is 0 Å². The van der Waals surface area contributed by atoms with Gasteiger partial charge in [0, 0.05) is 0 Å². The predicted octanol–water partition coefficient (Wildman–Crippen LogP) is 5.32. The molecule has 1 fully saturated rings. The van der Waals surface area contributed by atoms with Crippen LogP contribution in [-0.2, 0) is 9.16 Å². The lowest BCUT2D eigenvalue weighted by Gasteiger charge is -2.43. The molecule has 3 aromatic carbocycles. The molecule has 0 unspecified atom stereocenters. The zero-order chi connectivity index (χ0) is 26.0. The van der Waals surface area contributed by atoms with Crippen LogP contribution >= 0.6 is 0 Å². The highest BCUT2D eigenvalue weighted by Crippen LogP contribution is 2.48. The van der Waals surface area contributed by atoms with Gasteiger partial charge in [-0.15, -0.1) is 5.54 Å². The van der Waals surface area contributed by atoms with Gasteiger partial charge in [0.2, 0.25) is 0 Å². The molecule has 1 N–H and O–H groups in total. The molecule has 0 saturated carbocycles. The minimum absolute atomic E-state index is 0.130. The fraction of sp³-hybridized carbons (Fsp3) is 0.355. The molecule has 4 rings (SSSR count). The van der Waals surface area contributed by atoms with Crippen molar-refractivity contribution in [1.29, 1.82) is 0 Å². The van der Waals surface area contributed by atoms with Gasteiger partial charge in [-0.05, 0) is 21.0 Å². The number of ether oxygens (including phenoxy) is 1. The van der Waals surface area contributed by atoms with Crippen molar-refractivity contribution in [3.8, 4) is 11.5 Å². The smallest absolute Gasteiger partial charge is 0.261 e. The summed E-state index contributed by atoms with van der Waals surface area (Å²) in [5.74, 6) is 3.39. The van der Waals surface area contributed by atoms with Crippen LogP contribution in [0, 0.1) is 11.5 Å². The molecule has 1 aliphatic heterocycles. The SMILES string of the molecule is CC(C)(C)[Si](OC[C@H]1O[C@]1(C#C[Si](C)(C)C)[C@H](O)c1ccccc1)(c1ccccc1)c1ccccc1. The Morgan fingerprint density at radius 2 is 1.33 bits per heavy atom. The van der Waals surface area contributed by atoms with Gasteiger partial charge in [-0.2, -0.15) is 0 Å². The summed E-state index contributed by atoms with van der Waals surface area (Å²) in [5.41, 5.74) is 3.32. The van der Waals surface area contributed by atoms with Crippen LogP contribution in [0.5, 0.6) is 0 Å². The van der Waals surface area contributed by atoms with E-state index in [0.29, 0.717) is 6.61 Å². The number of hydrogen-bond donors (Lipinski definition) is 1. The summed E-state index contributed by atoms with van der Waals surface area (Å²) in [6, 6.07) is 30.9.